The van der Waals surface area contributed by atoms with Gasteiger partial charge in [0, 0.05) is 10.6 Å². The molecule has 0 spiro atoms. The smallest absolute Gasteiger partial charge is 0.387 e. The van der Waals surface area contributed by atoms with Crippen LogP contribution in [-0.4, -0.2) is 14.9 Å². The summed E-state index contributed by atoms with van der Waals surface area (Å²) >= 11 is 7.45. The van der Waals surface area contributed by atoms with Crippen molar-refractivity contribution in [1.29, 1.82) is 0 Å². The van der Waals surface area contributed by atoms with Crippen molar-refractivity contribution in [2.75, 3.05) is 0 Å². The van der Waals surface area contributed by atoms with Gasteiger partial charge in [0.2, 0.25) is 0 Å². The molecule has 2 heterocycles. The molecule has 0 aliphatic heterocycles. The Hall–Kier alpha value is -1.89. The maximum absolute atomic E-state index is 11.8. The van der Waals surface area contributed by atoms with Gasteiger partial charge in [-0.05, 0) is 17.5 Å². The highest BCUT2D eigenvalue weighted by Crippen LogP contribution is 2.24. The fourth-order valence-electron chi connectivity index (χ4n) is 1.93. The molecule has 0 bridgehead atoms. The van der Waals surface area contributed by atoms with E-state index in [4.69, 9.17) is 16.0 Å². The molecule has 5 nitrogen and oxygen atoms in total. The monoisotopic (exact) mass is 322 g/mol. The minimum atomic E-state index is -0.933. The van der Waals surface area contributed by atoms with Gasteiger partial charge in [-0.25, -0.2) is 4.79 Å². The van der Waals surface area contributed by atoms with Gasteiger partial charge in [0.15, 0.2) is 0 Å². The third-order valence-corrected chi connectivity index (χ3v) is 4.15. The molecule has 3 aromatic rings. The Balaban J connectivity index is 1.86. The number of rotatable bonds is 4. The Bertz CT molecular complexity index is 795. The number of halogens is 1. The first-order valence-electron chi connectivity index (χ1n) is 6.19. The topological polar surface area (TPSA) is 68.3 Å². The molecule has 1 aromatic carbocycles. The van der Waals surface area contributed by atoms with Crippen molar-refractivity contribution < 1.29 is 9.52 Å². The summed E-state index contributed by atoms with van der Waals surface area (Å²) in [4.78, 5) is 12.5. The van der Waals surface area contributed by atoms with Gasteiger partial charge < -0.3 is 9.52 Å². The summed E-state index contributed by atoms with van der Waals surface area (Å²) in [6, 6.07) is 10.6. The van der Waals surface area contributed by atoms with Crippen molar-refractivity contribution in [2.24, 2.45) is 0 Å². The summed E-state index contributed by atoms with van der Waals surface area (Å²) in [6.07, 6.45) is -0.933. The van der Waals surface area contributed by atoms with Crippen LogP contribution in [0.15, 0.2) is 51.0 Å². The lowest BCUT2D eigenvalue weighted by molar-refractivity contribution is 0.148. The minimum absolute atomic E-state index is 0.0164. The van der Waals surface area contributed by atoms with E-state index in [9.17, 15) is 9.90 Å². The van der Waals surface area contributed by atoms with Crippen LogP contribution in [0.5, 0.6) is 0 Å². The van der Waals surface area contributed by atoms with Gasteiger partial charge in [-0.15, -0.1) is 16.4 Å². The SMILES string of the molecule is O=c1oc(-c2cccs2)nn1CC(O)c1ccccc1Cl. The van der Waals surface area contributed by atoms with E-state index in [1.54, 1.807) is 24.3 Å². The first-order valence-corrected chi connectivity index (χ1v) is 7.45. The number of aliphatic hydroxyl groups excluding tert-OH is 1. The zero-order valence-corrected chi connectivity index (χ0v) is 12.3. The molecule has 0 saturated heterocycles. The van der Waals surface area contributed by atoms with Crippen LogP contribution in [0.4, 0.5) is 0 Å². The number of nitrogens with zero attached hydrogens (tertiary/aromatic N) is 2. The van der Waals surface area contributed by atoms with Gasteiger partial charge in [0.25, 0.3) is 5.89 Å². The maximum atomic E-state index is 11.8. The summed E-state index contributed by atoms with van der Waals surface area (Å²) < 4.78 is 6.19. The number of hydrogen-bond donors (Lipinski definition) is 1. The number of aromatic nitrogens is 2. The molecule has 0 aliphatic carbocycles. The molecule has 3 rings (SSSR count). The lowest BCUT2D eigenvalue weighted by atomic mass is 10.1. The van der Waals surface area contributed by atoms with Crippen LogP contribution in [0.2, 0.25) is 5.02 Å². The van der Waals surface area contributed by atoms with Crippen LogP contribution < -0.4 is 5.76 Å². The van der Waals surface area contributed by atoms with Gasteiger partial charge in [0.05, 0.1) is 11.4 Å². The van der Waals surface area contributed by atoms with E-state index in [0.717, 1.165) is 9.56 Å². The normalized spacial score (nSPS) is 12.5. The lowest BCUT2D eigenvalue weighted by Gasteiger charge is -2.11. The molecule has 1 N–H and O–H groups in total. The Morgan fingerprint density at radius 2 is 2.14 bits per heavy atom. The van der Waals surface area contributed by atoms with Crippen LogP contribution in [0.1, 0.15) is 11.7 Å². The molecule has 21 heavy (non-hydrogen) atoms. The number of thiophene rings is 1. The fourth-order valence-corrected chi connectivity index (χ4v) is 2.83. The molecule has 0 fully saturated rings. The maximum Gasteiger partial charge on any atom is 0.437 e. The molecule has 108 valence electrons. The van der Waals surface area contributed by atoms with Gasteiger partial charge in [-0.2, -0.15) is 4.68 Å². The van der Waals surface area contributed by atoms with Crippen molar-refractivity contribution in [3.8, 4) is 10.8 Å². The van der Waals surface area contributed by atoms with Gasteiger partial charge in [-0.3, -0.25) is 0 Å². The molecular weight excluding hydrogens is 312 g/mol. The van der Waals surface area contributed by atoms with E-state index >= 15 is 0 Å². The Kier molecular flexibility index (Phi) is 3.92. The van der Waals surface area contributed by atoms with E-state index in [-0.39, 0.29) is 12.4 Å². The van der Waals surface area contributed by atoms with Gasteiger partial charge in [-0.1, -0.05) is 35.9 Å². The summed E-state index contributed by atoms with van der Waals surface area (Å²) in [7, 11) is 0. The predicted octanol–water partition coefficient (Wildman–Crippen LogP) is 2.95. The molecule has 1 unspecified atom stereocenters. The highest BCUT2D eigenvalue weighted by molar-refractivity contribution is 7.13. The molecule has 0 amide bonds. The van der Waals surface area contributed by atoms with Crippen LogP contribution in [0, 0.1) is 0 Å². The third kappa shape index (κ3) is 2.92. The van der Waals surface area contributed by atoms with E-state index in [2.05, 4.69) is 5.10 Å². The van der Waals surface area contributed by atoms with Crippen LogP contribution in [0.3, 0.4) is 0 Å². The van der Waals surface area contributed by atoms with E-state index in [1.807, 2.05) is 17.5 Å². The summed E-state index contributed by atoms with van der Waals surface area (Å²) in [5, 5.41) is 16.6. The predicted molar refractivity (Wildman–Crippen MR) is 80.5 cm³/mol. The first kappa shape index (κ1) is 14.1. The Morgan fingerprint density at radius 3 is 2.86 bits per heavy atom. The molecule has 0 saturated carbocycles. The Labute approximate surface area is 129 Å². The Morgan fingerprint density at radius 1 is 1.33 bits per heavy atom. The largest absolute Gasteiger partial charge is 0.437 e. The van der Waals surface area contributed by atoms with Crippen LogP contribution >= 0.6 is 22.9 Å². The highest BCUT2D eigenvalue weighted by Gasteiger charge is 2.17. The number of aliphatic hydroxyl groups is 1. The molecule has 0 radical (unpaired) electrons. The summed E-state index contributed by atoms with van der Waals surface area (Å²) in [5.41, 5.74) is 0.548. The van der Waals surface area contributed by atoms with E-state index in [0.29, 0.717) is 10.6 Å². The zero-order valence-electron chi connectivity index (χ0n) is 10.8. The van der Waals surface area contributed by atoms with E-state index in [1.165, 1.54) is 11.3 Å². The van der Waals surface area contributed by atoms with Crippen LogP contribution in [0.25, 0.3) is 10.8 Å². The van der Waals surface area contributed by atoms with Gasteiger partial charge in [0.1, 0.15) is 6.10 Å². The lowest BCUT2D eigenvalue weighted by Crippen LogP contribution is -2.20. The standard InChI is InChI=1S/C14H11ClN2O3S/c15-10-5-2-1-4-9(10)11(18)8-17-14(19)20-13(16-17)12-6-3-7-21-12/h1-7,11,18H,8H2. The average Bonchev–Trinajstić information content (AvgIpc) is 3.10. The number of benzene rings is 1. The minimum Gasteiger partial charge on any atom is -0.387 e. The van der Waals surface area contributed by atoms with E-state index < -0.39 is 11.9 Å². The number of hydrogen-bond acceptors (Lipinski definition) is 5. The third-order valence-electron chi connectivity index (χ3n) is 2.95. The highest BCUT2D eigenvalue weighted by atomic mass is 35.5. The van der Waals surface area contributed by atoms with Crippen molar-refractivity contribution >= 4 is 22.9 Å². The molecular formula is C14H11ClN2O3S. The fraction of sp³-hybridized carbons (Fsp3) is 0.143. The van der Waals surface area contributed by atoms with Crippen molar-refractivity contribution in [3.63, 3.8) is 0 Å². The van der Waals surface area contributed by atoms with Crippen molar-refractivity contribution in [1.82, 2.24) is 9.78 Å². The second-order valence-corrected chi connectivity index (χ2v) is 5.72. The van der Waals surface area contributed by atoms with Crippen LogP contribution in [-0.2, 0) is 6.54 Å². The quantitative estimate of drug-likeness (QED) is 0.802. The second kappa shape index (κ2) is 5.85. The first-order chi connectivity index (χ1) is 10.1. The molecule has 7 heteroatoms. The summed E-state index contributed by atoms with van der Waals surface area (Å²) in [5.74, 6) is -0.356. The zero-order chi connectivity index (χ0) is 14.8. The summed E-state index contributed by atoms with van der Waals surface area (Å²) in [6.45, 7) is -0.0164. The molecule has 2 aromatic heterocycles. The second-order valence-electron chi connectivity index (χ2n) is 4.37. The molecule has 1 atom stereocenters. The van der Waals surface area contributed by atoms with Crippen molar-refractivity contribution in [2.45, 2.75) is 12.6 Å². The molecule has 0 aliphatic rings. The van der Waals surface area contributed by atoms with Crippen molar-refractivity contribution in [3.05, 3.63) is 62.9 Å². The van der Waals surface area contributed by atoms with Gasteiger partial charge >= 0.3 is 5.76 Å². The average molecular weight is 323 g/mol.